The first-order valence-corrected chi connectivity index (χ1v) is 6.59. The van der Waals surface area contributed by atoms with E-state index in [2.05, 4.69) is 10.5 Å². The molecule has 3 rings (SSSR count). The molecule has 2 aromatic carbocycles. The number of ether oxygens (including phenoxy) is 2. The Balaban J connectivity index is 1.56. The second-order valence-corrected chi connectivity index (χ2v) is 4.77. The summed E-state index contributed by atoms with van der Waals surface area (Å²) in [5.74, 6) is 1.53. The molecule has 0 amide bonds. The first-order valence-electron chi connectivity index (χ1n) is 6.21. The van der Waals surface area contributed by atoms with Crippen LogP contribution in [0.25, 0.3) is 0 Å². The summed E-state index contributed by atoms with van der Waals surface area (Å²) < 4.78 is 10.6. The Kier molecular flexibility index (Phi) is 3.74. The van der Waals surface area contributed by atoms with Gasteiger partial charge in [-0.2, -0.15) is 5.10 Å². The zero-order valence-electron chi connectivity index (χ0n) is 10.7. The molecule has 1 aliphatic heterocycles. The molecule has 1 aliphatic rings. The molecule has 0 fully saturated rings. The van der Waals surface area contributed by atoms with E-state index in [1.165, 1.54) is 0 Å². The molecule has 0 spiro atoms. The molecule has 0 aromatic heterocycles. The fourth-order valence-electron chi connectivity index (χ4n) is 1.85. The minimum absolute atomic E-state index is 0.282. The quantitative estimate of drug-likeness (QED) is 0.694. The Morgan fingerprint density at radius 1 is 1.10 bits per heavy atom. The van der Waals surface area contributed by atoms with Crippen LogP contribution in [0.2, 0.25) is 5.02 Å². The van der Waals surface area contributed by atoms with E-state index in [0.717, 1.165) is 27.6 Å². The van der Waals surface area contributed by atoms with Gasteiger partial charge in [-0.05, 0) is 41.5 Å². The number of hydrazone groups is 1. The fraction of sp³-hybridized carbons (Fsp3) is 0.133. The van der Waals surface area contributed by atoms with Crippen LogP contribution in [-0.4, -0.2) is 13.0 Å². The Hall–Kier alpha value is -2.20. The number of nitrogens with one attached hydrogen (secondary N) is 1. The summed E-state index contributed by atoms with van der Waals surface area (Å²) in [6.07, 6.45) is 1.75. The summed E-state index contributed by atoms with van der Waals surface area (Å²) in [7, 11) is 0. The van der Waals surface area contributed by atoms with Crippen LogP contribution in [-0.2, 0) is 6.54 Å². The van der Waals surface area contributed by atoms with Gasteiger partial charge in [-0.15, -0.1) is 0 Å². The summed E-state index contributed by atoms with van der Waals surface area (Å²) >= 11 is 5.83. The Morgan fingerprint density at radius 2 is 1.90 bits per heavy atom. The lowest BCUT2D eigenvalue weighted by Gasteiger charge is -2.01. The predicted molar refractivity (Wildman–Crippen MR) is 78.5 cm³/mol. The van der Waals surface area contributed by atoms with Crippen LogP contribution in [0.15, 0.2) is 47.6 Å². The van der Waals surface area contributed by atoms with Crippen LogP contribution in [0.4, 0.5) is 0 Å². The second-order valence-electron chi connectivity index (χ2n) is 4.33. The predicted octanol–water partition coefficient (Wildman–Crippen LogP) is 3.19. The molecule has 0 aliphatic carbocycles. The standard InChI is InChI=1S/C15H13ClN2O2/c16-13-4-1-11(2-5-13)8-17-18-9-12-3-6-14-15(7-12)20-10-19-14/h1-7,9,17H,8,10H2/b18-9-. The molecule has 4 nitrogen and oxygen atoms in total. The number of rotatable bonds is 4. The number of halogens is 1. The molecule has 102 valence electrons. The van der Waals surface area contributed by atoms with Crippen molar-refractivity contribution in [3.05, 3.63) is 58.6 Å². The normalized spacial score (nSPS) is 12.8. The van der Waals surface area contributed by atoms with Gasteiger partial charge in [0.1, 0.15) is 0 Å². The van der Waals surface area contributed by atoms with Gasteiger partial charge >= 0.3 is 0 Å². The summed E-state index contributed by atoms with van der Waals surface area (Å²) in [6, 6.07) is 13.4. The average Bonchev–Trinajstić information content (AvgIpc) is 2.93. The maximum Gasteiger partial charge on any atom is 0.231 e. The van der Waals surface area contributed by atoms with E-state index in [1.807, 2.05) is 42.5 Å². The zero-order chi connectivity index (χ0) is 13.8. The number of hydrogen-bond donors (Lipinski definition) is 1. The smallest absolute Gasteiger partial charge is 0.231 e. The highest BCUT2D eigenvalue weighted by Gasteiger charge is 2.12. The lowest BCUT2D eigenvalue weighted by atomic mass is 10.2. The van der Waals surface area contributed by atoms with Crippen molar-refractivity contribution in [2.45, 2.75) is 6.54 Å². The fourth-order valence-corrected chi connectivity index (χ4v) is 1.98. The molecule has 1 N–H and O–H groups in total. The van der Waals surface area contributed by atoms with E-state index >= 15 is 0 Å². The van der Waals surface area contributed by atoms with E-state index in [1.54, 1.807) is 6.21 Å². The zero-order valence-corrected chi connectivity index (χ0v) is 11.4. The van der Waals surface area contributed by atoms with E-state index in [4.69, 9.17) is 21.1 Å². The monoisotopic (exact) mass is 288 g/mol. The highest BCUT2D eigenvalue weighted by atomic mass is 35.5. The lowest BCUT2D eigenvalue weighted by Crippen LogP contribution is -2.05. The number of nitrogens with zero attached hydrogens (tertiary/aromatic N) is 1. The van der Waals surface area contributed by atoms with Crippen molar-refractivity contribution in [3.8, 4) is 11.5 Å². The van der Waals surface area contributed by atoms with Gasteiger partial charge < -0.3 is 14.9 Å². The van der Waals surface area contributed by atoms with E-state index < -0.39 is 0 Å². The summed E-state index contributed by atoms with van der Waals surface area (Å²) in [5.41, 5.74) is 5.07. The molecule has 2 aromatic rings. The van der Waals surface area contributed by atoms with Crippen LogP contribution in [0.1, 0.15) is 11.1 Å². The van der Waals surface area contributed by atoms with Gasteiger partial charge in [0.2, 0.25) is 6.79 Å². The van der Waals surface area contributed by atoms with Crippen molar-refractivity contribution in [2.75, 3.05) is 6.79 Å². The maximum absolute atomic E-state index is 5.83. The summed E-state index contributed by atoms with van der Waals surface area (Å²) in [5, 5.41) is 4.91. The maximum atomic E-state index is 5.83. The molecule has 0 saturated heterocycles. The Bertz CT molecular complexity index is 626. The van der Waals surface area contributed by atoms with Crippen molar-refractivity contribution >= 4 is 17.8 Å². The number of benzene rings is 2. The SMILES string of the molecule is Clc1ccc(CN/N=C\c2ccc3c(c2)OCO3)cc1. The van der Waals surface area contributed by atoms with Crippen molar-refractivity contribution in [1.82, 2.24) is 5.43 Å². The highest BCUT2D eigenvalue weighted by molar-refractivity contribution is 6.30. The van der Waals surface area contributed by atoms with E-state index in [-0.39, 0.29) is 6.79 Å². The third-order valence-corrected chi connectivity index (χ3v) is 3.15. The van der Waals surface area contributed by atoms with Crippen molar-refractivity contribution < 1.29 is 9.47 Å². The molecule has 0 saturated carbocycles. The van der Waals surface area contributed by atoms with Crippen LogP contribution < -0.4 is 14.9 Å². The molecule has 0 unspecified atom stereocenters. The molecule has 5 heteroatoms. The van der Waals surface area contributed by atoms with Crippen LogP contribution in [0, 0.1) is 0 Å². The van der Waals surface area contributed by atoms with Gasteiger partial charge in [-0.3, -0.25) is 0 Å². The minimum Gasteiger partial charge on any atom is -0.454 e. The molecule has 1 heterocycles. The lowest BCUT2D eigenvalue weighted by molar-refractivity contribution is 0.174. The Morgan fingerprint density at radius 3 is 2.75 bits per heavy atom. The highest BCUT2D eigenvalue weighted by Crippen LogP contribution is 2.31. The molecule has 20 heavy (non-hydrogen) atoms. The van der Waals surface area contributed by atoms with Crippen molar-refractivity contribution in [3.63, 3.8) is 0 Å². The third kappa shape index (κ3) is 3.03. The minimum atomic E-state index is 0.282. The van der Waals surface area contributed by atoms with Gasteiger partial charge in [-0.1, -0.05) is 23.7 Å². The van der Waals surface area contributed by atoms with E-state index in [0.29, 0.717) is 6.54 Å². The van der Waals surface area contributed by atoms with Crippen molar-refractivity contribution in [2.24, 2.45) is 5.10 Å². The molecule has 0 bridgehead atoms. The summed E-state index contributed by atoms with van der Waals surface area (Å²) in [4.78, 5) is 0. The van der Waals surface area contributed by atoms with Crippen LogP contribution in [0.5, 0.6) is 11.5 Å². The van der Waals surface area contributed by atoms with Gasteiger partial charge in [0, 0.05) is 5.02 Å². The van der Waals surface area contributed by atoms with Gasteiger partial charge in [0.15, 0.2) is 11.5 Å². The van der Waals surface area contributed by atoms with Gasteiger partial charge in [0.25, 0.3) is 0 Å². The van der Waals surface area contributed by atoms with Crippen LogP contribution in [0.3, 0.4) is 0 Å². The van der Waals surface area contributed by atoms with Gasteiger partial charge in [0.05, 0.1) is 12.8 Å². The Labute approximate surface area is 122 Å². The number of fused-ring (bicyclic) bond motifs is 1. The van der Waals surface area contributed by atoms with Gasteiger partial charge in [-0.25, -0.2) is 0 Å². The van der Waals surface area contributed by atoms with E-state index in [9.17, 15) is 0 Å². The topological polar surface area (TPSA) is 42.9 Å². The summed E-state index contributed by atoms with van der Waals surface area (Å²) in [6.45, 7) is 0.933. The first-order chi connectivity index (χ1) is 9.81. The van der Waals surface area contributed by atoms with Crippen LogP contribution >= 0.6 is 11.6 Å². The first kappa shape index (κ1) is 12.8. The average molecular weight is 289 g/mol. The second kappa shape index (κ2) is 5.84. The third-order valence-electron chi connectivity index (χ3n) is 2.90. The largest absolute Gasteiger partial charge is 0.454 e. The molecular weight excluding hydrogens is 276 g/mol. The molecule has 0 radical (unpaired) electrons. The van der Waals surface area contributed by atoms with Crippen molar-refractivity contribution in [1.29, 1.82) is 0 Å². The molecular formula is C15H13ClN2O2. The number of hydrogen-bond acceptors (Lipinski definition) is 4. The molecule has 0 atom stereocenters.